The second-order valence-corrected chi connectivity index (χ2v) is 4.99. The van der Waals surface area contributed by atoms with Crippen LogP contribution in [0.5, 0.6) is 0 Å². The van der Waals surface area contributed by atoms with Gasteiger partial charge in [-0.2, -0.15) is 0 Å². The van der Waals surface area contributed by atoms with Gasteiger partial charge < -0.3 is 10.8 Å². The third kappa shape index (κ3) is 4.20. The number of carbonyl (C=O) groups is 1. The lowest BCUT2D eigenvalue weighted by Crippen LogP contribution is -2.24. The van der Waals surface area contributed by atoms with Crippen LogP contribution < -0.4 is 5.73 Å². The Morgan fingerprint density at radius 2 is 2.13 bits per heavy atom. The molecule has 3 N–H and O–H groups in total. The molecule has 0 aromatic rings. The Morgan fingerprint density at radius 3 is 2.53 bits per heavy atom. The van der Waals surface area contributed by atoms with Crippen molar-refractivity contribution in [1.82, 2.24) is 0 Å². The normalized spacial score (nSPS) is 20.7. The van der Waals surface area contributed by atoms with Crippen LogP contribution in [0.4, 0.5) is 0 Å². The molecule has 88 valence electrons. The van der Waals surface area contributed by atoms with Gasteiger partial charge in [0.15, 0.2) is 0 Å². The molecule has 15 heavy (non-hydrogen) atoms. The number of rotatable bonds is 7. The SMILES string of the molecule is C[C@H](CC[C@H](CN)C(=O)O)CC1CCC1. The van der Waals surface area contributed by atoms with E-state index in [0.717, 1.165) is 18.8 Å². The summed E-state index contributed by atoms with van der Waals surface area (Å²) in [6.45, 7) is 2.50. The van der Waals surface area contributed by atoms with E-state index < -0.39 is 5.97 Å². The molecule has 0 aromatic carbocycles. The van der Waals surface area contributed by atoms with Crippen molar-refractivity contribution >= 4 is 5.97 Å². The van der Waals surface area contributed by atoms with Crippen molar-refractivity contribution in [1.29, 1.82) is 0 Å². The van der Waals surface area contributed by atoms with Crippen molar-refractivity contribution in [3.8, 4) is 0 Å². The molecule has 1 aliphatic rings. The van der Waals surface area contributed by atoms with Gasteiger partial charge in [-0.1, -0.05) is 26.2 Å². The lowest BCUT2D eigenvalue weighted by Gasteiger charge is -2.28. The standard InChI is InChI=1S/C12H23NO2/c1-9(7-10-3-2-4-10)5-6-11(8-13)12(14)15/h9-11H,2-8,13H2,1H3,(H,14,15)/t9-,11-/m1/s1. The summed E-state index contributed by atoms with van der Waals surface area (Å²) in [5.41, 5.74) is 5.42. The predicted octanol–water partition coefficient (Wildman–Crippen LogP) is 2.25. The van der Waals surface area contributed by atoms with Crippen LogP contribution in [0.2, 0.25) is 0 Å². The summed E-state index contributed by atoms with van der Waals surface area (Å²) in [6.07, 6.45) is 7.16. The maximum absolute atomic E-state index is 10.8. The van der Waals surface area contributed by atoms with E-state index in [-0.39, 0.29) is 12.5 Å². The molecule has 0 amide bonds. The van der Waals surface area contributed by atoms with Crippen LogP contribution in [0, 0.1) is 17.8 Å². The molecule has 1 saturated carbocycles. The molecule has 1 aliphatic carbocycles. The molecule has 2 atom stereocenters. The summed E-state index contributed by atoms with van der Waals surface area (Å²) in [5.74, 6) is 0.493. The molecule has 0 heterocycles. The molecule has 3 heteroatoms. The summed E-state index contributed by atoms with van der Waals surface area (Å²) in [7, 11) is 0. The Hall–Kier alpha value is -0.570. The molecule has 0 bridgehead atoms. The zero-order valence-electron chi connectivity index (χ0n) is 9.61. The molecule has 1 fully saturated rings. The number of nitrogens with two attached hydrogens (primary N) is 1. The molecule has 3 nitrogen and oxygen atoms in total. The molecular weight excluding hydrogens is 190 g/mol. The third-order valence-corrected chi connectivity index (χ3v) is 3.60. The highest BCUT2D eigenvalue weighted by Gasteiger charge is 2.21. The van der Waals surface area contributed by atoms with Gasteiger partial charge in [0.05, 0.1) is 5.92 Å². The summed E-state index contributed by atoms with van der Waals surface area (Å²) in [4.78, 5) is 10.8. The van der Waals surface area contributed by atoms with Crippen LogP contribution in [-0.4, -0.2) is 17.6 Å². The van der Waals surface area contributed by atoms with Crippen LogP contribution in [0.15, 0.2) is 0 Å². The summed E-state index contributed by atoms with van der Waals surface area (Å²) >= 11 is 0. The van der Waals surface area contributed by atoms with E-state index >= 15 is 0 Å². The van der Waals surface area contributed by atoms with Gasteiger partial charge in [0.1, 0.15) is 0 Å². The van der Waals surface area contributed by atoms with Crippen molar-refractivity contribution < 1.29 is 9.90 Å². The lowest BCUT2D eigenvalue weighted by molar-refractivity contribution is -0.141. The average Bonchev–Trinajstić information content (AvgIpc) is 2.12. The fourth-order valence-corrected chi connectivity index (χ4v) is 2.24. The monoisotopic (exact) mass is 213 g/mol. The van der Waals surface area contributed by atoms with Gasteiger partial charge in [-0.15, -0.1) is 0 Å². The molecule has 1 rings (SSSR count). The van der Waals surface area contributed by atoms with Gasteiger partial charge in [-0.3, -0.25) is 4.79 Å². The van der Waals surface area contributed by atoms with Gasteiger partial charge in [0.2, 0.25) is 0 Å². The van der Waals surface area contributed by atoms with Gasteiger partial charge in [-0.25, -0.2) is 0 Å². The Bertz CT molecular complexity index is 202. The number of hydrogen-bond donors (Lipinski definition) is 2. The van der Waals surface area contributed by atoms with Gasteiger partial charge in [0.25, 0.3) is 0 Å². The molecule has 0 spiro atoms. The second-order valence-electron chi connectivity index (χ2n) is 4.99. The quantitative estimate of drug-likeness (QED) is 0.681. The van der Waals surface area contributed by atoms with Crippen molar-refractivity contribution in [3.05, 3.63) is 0 Å². The van der Waals surface area contributed by atoms with Crippen LogP contribution in [-0.2, 0) is 4.79 Å². The molecular formula is C12H23NO2. The van der Waals surface area contributed by atoms with E-state index in [2.05, 4.69) is 6.92 Å². The maximum atomic E-state index is 10.8. The molecule has 0 radical (unpaired) electrons. The second kappa shape index (κ2) is 6.11. The van der Waals surface area contributed by atoms with Gasteiger partial charge in [0, 0.05) is 6.54 Å². The van der Waals surface area contributed by atoms with Gasteiger partial charge in [-0.05, 0) is 31.1 Å². The van der Waals surface area contributed by atoms with Crippen LogP contribution in [0.1, 0.15) is 45.4 Å². The smallest absolute Gasteiger partial charge is 0.307 e. The van der Waals surface area contributed by atoms with E-state index in [1.165, 1.54) is 25.7 Å². The number of aliphatic carboxylic acids is 1. The Balaban J connectivity index is 2.13. The summed E-state index contributed by atoms with van der Waals surface area (Å²) in [5, 5.41) is 8.85. The minimum absolute atomic E-state index is 0.269. The van der Waals surface area contributed by atoms with Crippen molar-refractivity contribution in [2.45, 2.75) is 45.4 Å². The van der Waals surface area contributed by atoms with Crippen LogP contribution in [0.25, 0.3) is 0 Å². The molecule has 0 aromatic heterocycles. The van der Waals surface area contributed by atoms with E-state index in [1.807, 2.05) is 0 Å². The van der Waals surface area contributed by atoms with Crippen LogP contribution in [0.3, 0.4) is 0 Å². The first kappa shape index (κ1) is 12.5. The fourth-order valence-electron chi connectivity index (χ4n) is 2.24. The first-order valence-corrected chi connectivity index (χ1v) is 6.06. The van der Waals surface area contributed by atoms with E-state index in [9.17, 15) is 4.79 Å². The predicted molar refractivity (Wildman–Crippen MR) is 60.5 cm³/mol. The van der Waals surface area contributed by atoms with Crippen molar-refractivity contribution in [2.24, 2.45) is 23.5 Å². The maximum Gasteiger partial charge on any atom is 0.307 e. The minimum Gasteiger partial charge on any atom is -0.481 e. The van der Waals surface area contributed by atoms with Crippen LogP contribution >= 0.6 is 0 Å². The Morgan fingerprint density at radius 1 is 1.47 bits per heavy atom. The molecule has 0 saturated heterocycles. The number of carboxylic acid groups (broad SMARTS) is 1. The summed E-state index contributed by atoms with van der Waals surface area (Å²) in [6, 6.07) is 0. The van der Waals surface area contributed by atoms with Crippen molar-refractivity contribution in [3.63, 3.8) is 0 Å². The topological polar surface area (TPSA) is 63.3 Å². The average molecular weight is 213 g/mol. The Kier molecular flexibility index (Phi) is 5.09. The van der Waals surface area contributed by atoms with E-state index in [1.54, 1.807) is 0 Å². The van der Waals surface area contributed by atoms with Gasteiger partial charge >= 0.3 is 5.97 Å². The lowest BCUT2D eigenvalue weighted by atomic mass is 9.78. The number of carboxylic acids is 1. The largest absolute Gasteiger partial charge is 0.481 e. The zero-order valence-corrected chi connectivity index (χ0v) is 9.61. The first-order valence-electron chi connectivity index (χ1n) is 6.06. The molecule has 0 aliphatic heterocycles. The highest BCUT2D eigenvalue weighted by Crippen LogP contribution is 2.33. The highest BCUT2D eigenvalue weighted by atomic mass is 16.4. The molecule has 0 unspecified atom stereocenters. The zero-order chi connectivity index (χ0) is 11.3. The minimum atomic E-state index is -0.742. The highest BCUT2D eigenvalue weighted by molar-refractivity contribution is 5.70. The van der Waals surface area contributed by atoms with Crippen molar-refractivity contribution in [2.75, 3.05) is 6.54 Å². The number of hydrogen-bond acceptors (Lipinski definition) is 2. The third-order valence-electron chi connectivity index (χ3n) is 3.60. The Labute approximate surface area is 92.0 Å². The van der Waals surface area contributed by atoms with E-state index in [4.69, 9.17) is 10.8 Å². The fraction of sp³-hybridized carbons (Fsp3) is 0.917. The van der Waals surface area contributed by atoms with E-state index in [0.29, 0.717) is 5.92 Å². The summed E-state index contributed by atoms with van der Waals surface area (Å²) < 4.78 is 0. The first-order chi connectivity index (χ1) is 7.13.